The van der Waals surface area contributed by atoms with Crippen molar-refractivity contribution in [2.24, 2.45) is 5.73 Å². The highest BCUT2D eigenvalue weighted by atomic mass is 19.4. The Morgan fingerprint density at radius 1 is 1.35 bits per heavy atom. The van der Waals surface area contributed by atoms with Gasteiger partial charge in [-0.05, 0) is 11.1 Å². The number of nitrogens with two attached hydrogens (primary N) is 1. The van der Waals surface area contributed by atoms with E-state index in [-0.39, 0.29) is 12.5 Å². The van der Waals surface area contributed by atoms with Gasteiger partial charge in [0.1, 0.15) is 6.26 Å². The van der Waals surface area contributed by atoms with Crippen molar-refractivity contribution >= 4 is 5.97 Å². The summed E-state index contributed by atoms with van der Waals surface area (Å²) in [4.78, 5) is 13.0. The van der Waals surface area contributed by atoms with Gasteiger partial charge in [-0.25, -0.2) is 9.78 Å². The molecular weight excluding hydrogens is 317 g/mol. The largest absolute Gasteiger partial charge is 0.490 e. The third-order valence-corrected chi connectivity index (χ3v) is 2.83. The first-order valence-corrected chi connectivity index (χ1v) is 6.39. The summed E-state index contributed by atoms with van der Waals surface area (Å²) in [6, 6.07) is 7.62. The second kappa shape index (κ2) is 8.30. The first-order chi connectivity index (χ1) is 10.8. The molecular formula is C14H15F3N2O4. The minimum absolute atomic E-state index is 0.00657. The number of halogens is 3. The molecule has 0 aliphatic heterocycles. The number of alkyl halides is 3. The molecule has 1 aromatic heterocycles. The Balaban J connectivity index is 0.000000322. The van der Waals surface area contributed by atoms with Crippen LogP contribution in [0.25, 0.3) is 0 Å². The summed E-state index contributed by atoms with van der Waals surface area (Å²) in [6.07, 6.45) is -1.96. The maximum absolute atomic E-state index is 10.6. The molecule has 2 aromatic rings. The Kier molecular flexibility index (Phi) is 6.73. The highest BCUT2D eigenvalue weighted by Crippen LogP contribution is 2.25. The average molecular weight is 332 g/mol. The Hall–Kier alpha value is -2.39. The van der Waals surface area contributed by atoms with Gasteiger partial charge in [-0.3, -0.25) is 0 Å². The molecule has 2 rings (SSSR count). The molecule has 0 fully saturated rings. The topological polar surface area (TPSA) is 110 Å². The zero-order valence-corrected chi connectivity index (χ0v) is 11.8. The summed E-state index contributed by atoms with van der Waals surface area (Å²) in [6.45, 7) is 0.394. The van der Waals surface area contributed by atoms with E-state index in [1.807, 2.05) is 24.3 Å². The number of benzene rings is 1. The third-order valence-electron chi connectivity index (χ3n) is 2.83. The van der Waals surface area contributed by atoms with E-state index in [0.717, 1.165) is 11.1 Å². The van der Waals surface area contributed by atoms with Crippen LogP contribution in [0.5, 0.6) is 0 Å². The number of hydrogen-bond donors (Lipinski definition) is 3. The summed E-state index contributed by atoms with van der Waals surface area (Å²) in [5.74, 6) is -2.27. The maximum atomic E-state index is 10.6. The van der Waals surface area contributed by atoms with E-state index in [2.05, 4.69) is 4.98 Å². The normalized spacial score (nSPS) is 12.2. The van der Waals surface area contributed by atoms with Crippen LogP contribution in [0.15, 0.2) is 41.1 Å². The molecule has 1 heterocycles. The van der Waals surface area contributed by atoms with Crippen molar-refractivity contribution in [3.8, 4) is 0 Å². The van der Waals surface area contributed by atoms with E-state index in [4.69, 9.17) is 20.1 Å². The molecule has 0 aliphatic carbocycles. The summed E-state index contributed by atoms with van der Waals surface area (Å²) < 4.78 is 37.0. The lowest BCUT2D eigenvalue weighted by Gasteiger charge is -2.14. The van der Waals surface area contributed by atoms with Crippen LogP contribution in [0, 0.1) is 0 Å². The fourth-order valence-electron chi connectivity index (χ4n) is 1.79. The van der Waals surface area contributed by atoms with Crippen LogP contribution in [0.1, 0.15) is 22.9 Å². The van der Waals surface area contributed by atoms with Gasteiger partial charge in [0.05, 0.1) is 18.7 Å². The molecule has 9 heteroatoms. The van der Waals surface area contributed by atoms with Crippen molar-refractivity contribution in [3.05, 3.63) is 53.7 Å². The van der Waals surface area contributed by atoms with E-state index >= 15 is 0 Å². The Morgan fingerprint density at radius 3 is 2.39 bits per heavy atom. The zero-order chi connectivity index (χ0) is 17.5. The molecule has 0 bridgehead atoms. The van der Waals surface area contributed by atoms with Crippen LogP contribution >= 0.6 is 0 Å². The molecule has 0 spiro atoms. The summed E-state index contributed by atoms with van der Waals surface area (Å²) in [5, 5.41) is 16.4. The lowest BCUT2D eigenvalue weighted by Crippen LogP contribution is -2.21. The number of nitrogens with zero attached hydrogens (tertiary/aromatic N) is 1. The number of hydrogen-bond acceptors (Lipinski definition) is 5. The standard InChI is InChI=1S/C12H14N2O2.C2HF3O2/c13-7-11(12-14-5-6-16-12)10-4-2-1-3-9(10)8-15;3-2(4,5)1(6)7/h1-6,11,15H,7-8,13H2;(H,6,7). The Labute approximate surface area is 129 Å². The molecule has 0 aliphatic rings. The maximum Gasteiger partial charge on any atom is 0.490 e. The molecule has 1 atom stereocenters. The van der Waals surface area contributed by atoms with E-state index in [1.54, 1.807) is 6.20 Å². The van der Waals surface area contributed by atoms with Gasteiger partial charge >= 0.3 is 12.1 Å². The zero-order valence-electron chi connectivity index (χ0n) is 11.8. The first-order valence-electron chi connectivity index (χ1n) is 6.39. The fraction of sp³-hybridized carbons (Fsp3) is 0.286. The second-order valence-corrected chi connectivity index (χ2v) is 4.32. The van der Waals surface area contributed by atoms with Crippen molar-refractivity contribution in [2.45, 2.75) is 18.7 Å². The molecule has 0 saturated heterocycles. The van der Waals surface area contributed by atoms with Crippen molar-refractivity contribution in [1.82, 2.24) is 4.98 Å². The molecule has 126 valence electrons. The molecule has 6 nitrogen and oxygen atoms in total. The molecule has 1 unspecified atom stereocenters. The third kappa shape index (κ3) is 5.38. The van der Waals surface area contributed by atoms with Crippen LogP contribution in [0.4, 0.5) is 13.2 Å². The van der Waals surface area contributed by atoms with Gasteiger partial charge in [-0.1, -0.05) is 24.3 Å². The molecule has 0 radical (unpaired) electrons. The van der Waals surface area contributed by atoms with Gasteiger partial charge in [0.2, 0.25) is 5.89 Å². The minimum atomic E-state index is -5.08. The SMILES string of the molecule is NCC(c1ncco1)c1ccccc1CO.O=C(O)C(F)(F)F. The summed E-state index contributed by atoms with van der Waals surface area (Å²) >= 11 is 0. The lowest BCUT2D eigenvalue weighted by atomic mass is 9.94. The van der Waals surface area contributed by atoms with Gasteiger partial charge in [-0.2, -0.15) is 13.2 Å². The van der Waals surface area contributed by atoms with Gasteiger partial charge < -0.3 is 20.4 Å². The number of carboxylic acid groups (broad SMARTS) is 1. The highest BCUT2D eigenvalue weighted by Gasteiger charge is 2.38. The lowest BCUT2D eigenvalue weighted by molar-refractivity contribution is -0.192. The molecule has 23 heavy (non-hydrogen) atoms. The Bertz CT molecular complexity index is 615. The first kappa shape index (κ1) is 18.7. The monoisotopic (exact) mass is 332 g/mol. The number of aromatic nitrogens is 1. The van der Waals surface area contributed by atoms with Gasteiger partial charge in [-0.15, -0.1) is 0 Å². The van der Waals surface area contributed by atoms with Crippen molar-refractivity contribution in [3.63, 3.8) is 0 Å². The minimum Gasteiger partial charge on any atom is -0.475 e. The summed E-state index contributed by atoms with van der Waals surface area (Å²) in [5.41, 5.74) is 7.56. The van der Waals surface area contributed by atoms with Crippen LogP contribution in [0.2, 0.25) is 0 Å². The number of aliphatic hydroxyl groups is 1. The van der Waals surface area contributed by atoms with Crippen LogP contribution in [0.3, 0.4) is 0 Å². The molecule has 4 N–H and O–H groups in total. The van der Waals surface area contributed by atoms with E-state index < -0.39 is 12.1 Å². The molecule has 1 aromatic carbocycles. The van der Waals surface area contributed by atoms with Gasteiger partial charge in [0.15, 0.2) is 0 Å². The predicted octanol–water partition coefficient (Wildman–Crippen LogP) is 1.89. The van der Waals surface area contributed by atoms with E-state index in [9.17, 15) is 18.3 Å². The fourth-order valence-corrected chi connectivity index (χ4v) is 1.79. The number of oxazole rings is 1. The van der Waals surface area contributed by atoms with Crippen molar-refractivity contribution < 1.29 is 32.6 Å². The van der Waals surface area contributed by atoms with Crippen LogP contribution < -0.4 is 5.73 Å². The second-order valence-electron chi connectivity index (χ2n) is 4.32. The van der Waals surface area contributed by atoms with Crippen molar-refractivity contribution in [2.75, 3.05) is 6.54 Å². The molecule has 0 amide bonds. The summed E-state index contributed by atoms with van der Waals surface area (Å²) in [7, 11) is 0. The number of aliphatic carboxylic acids is 1. The van der Waals surface area contributed by atoms with Gasteiger partial charge in [0, 0.05) is 6.54 Å². The Morgan fingerprint density at radius 2 is 1.96 bits per heavy atom. The van der Waals surface area contributed by atoms with E-state index in [1.165, 1.54) is 6.26 Å². The number of aliphatic hydroxyl groups excluding tert-OH is 1. The smallest absolute Gasteiger partial charge is 0.475 e. The van der Waals surface area contributed by atoms with Crippen LogP contribution in [-0.4, -0.2) is 33.9 Å². The predicted molar refractivity (Wildman–Crippen MR) is 73.5 cm³/mol. The highest BCUT2D eigenvalue weighted by molar-refractivity contribution is 5.73. The number of carboxylic acids is 1. The van der Waals surface area contributed by atoms with Gasteiger partial charge in [0.25, 0.3) is 0 Å². The molecule has 0 saturated carbocycles. The van der Waals surface area contributed by atoms with E-state index in [0.29, 0.717) is 12.4 Å². The number of carbonyl (C=O) groups is 1. The number of rotatable bonds is 4. The average Bonchev–Trinajstić information content (AvgIpc) is 3.02. The quantitative estimate of drug-likeness (QED) is 0.789. The van der Waals surface area contributed by atoms with Crippen molar-refractivity contribution in [1.29, 1.82) is 0 Å². The van der Waals surface area contributed by atoms with Crippen LogP contribution in [-0.2, 0) is 11.4 Å².